The molecule has 2 aliphatic rings. The van der Waals surface area contributed by atoms with Crippen LogP contribution in [0.25, 0.3) is 0 Å². The minimum absolute atomic E-state index is 0. The van der Waals surface area contributed by atoms with Crippen molar-refractivity contribution < 1.29 is 14.3 Å². The Morgan fingerprint density at radius 1 is 1.47 bits per heavy atom. The van der Waals surface area contributed by atoms with Gasteiger partial charge in [-0.2, -0.15) is 0 Å². The summed E-state index contributed by atoms with van der Waals surface area (Å²) in [5.41, 5.74) is 5.16. The lowest BCUT2D eigenvalue weighted by atomic mass is 9.90. The van der Waals surface area contributed by atoms with Gasteiger partial charge in [0.1, 0.15) is 11.2 Å². The third-order valence-electron chi connectivity index (χ3n) is 2.85. The van der Waals surface area contributed by atoms with Crippen LogP contribution in [0.15, 0.2) is 0 Å². The average molecular weight is 265 g/mol. The van der Waals surface area contributed by atoms with E-state index in [0.717, 1.165) is 6.42 Å². The third kappa shape index (κ3) is 3.24. The van der Waals surface area contributed by atoms with Gasteiger partial charge in [-0.1, -0.05) is 0 Å². The molecule has 17 heavy (non-hydrogen) atoms. The first-order valence-corrected chi connectivity index (χ1v) is 5.67. The molecule has 2 saturated heterocycles. The lowest BCUT2D eigenvalue weighted by Crippen LogP contribution is -2.64. The van der Waals surface area contributed by atoms with Gasteiger partial charge < -0.3 is 20.1 Å². The molecule has 6 heteroatoms. The van der Waals surface area contributed by atoms with Crippen molar-refractivity contribution in [3.8, 4) is 0 Å². The Morgan fingerprint density at radius 3 is 2.47 bits per heavy atom. The number of hydrogen-bond donors (Lipinski definition) is 1. The topological polar surface area (TPSA) is 64.8 Å². The van der Waals surface area contributed by atoms with Crippen LogP contribution in [0.4, 0.5) is 4.79 Å². The first-order valence-electron chi connectivity index (χ1n) is 5.67. The fourth-order valence-corrected chi connectivity index (χ4v) is 2.20. The summed E-state index contributed by atoms with van der Waals surface area (Å²) in [4.78, 5) is 13.3. The Labute approximate surface area is 108 Å². The highest BCUT2D eigenvalue weighted by atomic mass is 35.5. The highest BCUT2D eigenvalue weighted by Gasteiger charge is 2.51. The highest BCUT2D eigenvalue weighted by molar-refractivity contribution is 5.85. The Balaban J connectivity index is 0.00000144. The maximum atomic E-state index is 11.7. The van der Waals surface area contributed by atoms with Gasteiger partial charge in [0.2, 0.25) is 0 Å². The smallest absolute Gasteiger partial charge is 0.410 e. The number of carbonyl (C=O) groups excluding carboxylic acids is 1. The molecule has 0 radical (unpaired) electrons. The summed E-state index contributed by atoms with van der Waals surface area (Å²) in [7, 11) is 0. The fourth-order valence-electron chi connectivity index (χ4n) is 2.20. The zero-order valence-corrected chi connectivity index (χ0v) is 11.4. The van der Waals surface area contributed by atoms with Crippen molar-refractivity contribution in [2.24, 2.45) is 5.73 Å². The Morgan fingerprint density at radius 2 is 2.06 bits per heavy atom. The number of carbonyl (C=O) groups is 1. The van der Waals surface area contributed by atoms with Crippen LogP contribution in [0, 0.1) is 0 Å². The molecule has 2 heterocycles. The SMILES string of the molecule is CC(C)(C)OC(=O)N1CC2(C[C@H](N)CO2)C1.Cl. The predicted molar refractivity (Wildman–Crippen MR) is 66.3 cm³/mol. The van der Waals surface area contributed by atoms with Crippen molar-refractivity contribution in [2.45, 2.75) is 44.4 Å². The van der Waals surface area contributed by atoms with Gasteiger partial charge in [-0.15, -0.1) is 12.4 Å². The number of nitrogens with zero attached hydrogens (tertiary/aromatic N) is 1. The summed E-state index contributed by atoms with van der Waals surface area (Å²) in [5, 5.41) is 0. The number of nitrogens with two attached hydrogens (primary N) is 1. The maximum Gasteiger partial charge on any atom is 0.410 e. The highest BCUT2D eigenvalue weighted by Crippen LogP contribution is 2.35. The molecule has 0 unspecified atom stereocenters. The zero-order valence-electron chi connectivity index (χ0n) is 10.6. The van der Waals surface area contributed by atoms with E-state index in [9.17, 15) is 4.79 Å². The van der Waals surface area contributed by atoms with E-state index in [0.29, 0.717) is 19.7 Å². The van der Waals surface area contributed by atoms with Crippen LogP contribution in [0.3, 0.4) is 0 Å². The summed E-state index contributed by atoms with van der Waals surface area (Å²) >= 11 is 0. The van der Waals surface area contributed by atoms with Crippen molar-refractivity contribution in [3.05, 3.63) is 0 Å². The normalized spacial score (nSPS) is 26.4. The van der Waals surface area contributed by atoms with Crippen LogP contribution < -0.4 is 5.73 Å². The van der Waals surface area contributed by atoms with Gasteiger partial charge in [0.15, 0.2) is 0 Å². The van der Waals surface area contributed by atoms with E-state index in [4.69, 9.17) is 15.2 Å². The second kappa shape index (κ2) is 4.63. The van der Waals surface area contributed by atoms with Crippen LogP contribution in [0.5, 0.6) is 0 Å². The van der Waals surface area contributed by atoms with E-state index in [1.807, 2.05) is 20.8 Å². The number of halogens is 1. The number of likely N-dealkylation sites (tertiary alicyclic amines) is 1. The molecule has 2 rings (SSSR count). The van der Waals surface area contributed by atoms with Crippen molar-refractivity contribution in [1.82, 2.24) is 4.90 Å². The molecule has 2 aliphatic heterocycles. The lowest BCUT2D eigenvalue weighted by Gasteiger charge is -2.46. The molecule has 100 valence electrons. The molecular weight excluding hydrogens is 244 g/mol. The Hall–Kier alpha value is -0.520. The summed E-state index contributed by atoms with van der Waals surface area (Å²) in [6.45, 7) is 7.40. The van der Waals surface area contributed by atoms with Crippen molar-refractivity contribution in [2.75, 3.05) is 19.7 Å². The molecule has 2 N–H and O–H groups in total. The Kier molecular flexibility index (Phi) is 3.96. The van der Waals surface area contributed by atoms with Gasteiger partial charge in [-0.3, -0.25) is 0 Å². The number of rotatable bonds is 0. The van der Waals surface area contributed by atoms with E-state index in [1.54, 1.807) is 4.90 Å². The number of ether oxygens (including phenoxy) is 2. The molecule has 5 nitrogen and oxygen atoms in total. The summed E-state index contributed by atoms with van der Waals surface area (Å²) in [5.74, 6) is 0. The molecule has 1 spiro atoms. The molecule has 0 aromatic heterocycles. The van der Waals surface area contributed by atoms with Gasteiger partial charge in [0, 0.05) is 6.04 Å². The van der Waals surface area contributed by atoms with Crippen molar-refractivity contribution in [1.29, 1.82) is 0 Å². The Bertz CT molecular complexity index is 298. The van der Waals surface area contributed by atoms with Crippen LogP contribution in [-0.2, 0) is 9.47 Å². The molecular formula is C11H21ClN2O3. The van der Waals surface area contributed by atoms with Crippen molar-refractivity contribution >= 4 is 18.5 Å². The third-order valence-corrected chi connectivity index (χ3v) is 2.85. The van der Waals surface area contributed by atoms with Crippen LogP contribution >= 0.6 is 12.4 Å². The summed E-state index contributed by atoms with van der Waals surface area (Å²) in [6.07, 6.45) is 0.578. The summed E-state index contributed by atoms with van der Waals surface area (Å²) in [6, 6.07) is 0.112. The second-order valence-electron chi connectivity index (χ2n) is 5.79. The average Bonchev–Trinajstić information content (AvgIpc) is 2.41. The van der Waals surface area contributed by atoms with Gasteiger partial charge in [-0.25, -0.2) is 4.79 Å². The molecule has 0 saturated carbocycles. The fraction of sp³-hybridized carbons (Fsp3) is 0.909. The van der Waals surface area contributed by atoms with Gasteiger partial charge in [0.05, 0.1) is 19.7 Å². The van der Waals surface area contributed by atoms with E-state index < -0.39 is 5.60 Å². The lowest BCUT2D eigenvalue weighted by molar-refractivity contribution is -0.109. The van der Waals surface area contributed by atoms with Gasteiger partial charge >= 0.3 is 6.09 Å². The van der Waals surface area contributed by atoms with Crippen LogP contribution in [0.1, 0.15) is 27.2 Å². The standard InChI is InChI=1S/C11H20N2O3.ClH/c1-10(2,3)16-9(14)13-6-11(7-13)4-8(12)5-15-11;/h8H,4-7,12H2,1-3H3;1H/t8-;/m0./s1. The number of hydrogen-bond acceptors (Lipinski definition) is 4. The first-order chi connectivity index (χ1) is 7.30. The molecule has 0 bridgehead atoms. The van der Waals surface area contributed by atoms with Gasteiger partial charge in [-0.05, 0) is 27.2 Å². The van der Waals surface area contributed by atoms with E-state index in [-0.39, 0.29) is 30.1 Å². The largest absolute Gasteiger partial charge is 0.444 e. The van der Waals surface area contributed by atoms with Gasteiger partial charge in [0.25, 0.3) is 0 Å². The molecule has 0 aromatic carbocycles. The molecule has 0 aromatic rings. The molecule has 1 amide bonds. The predicted octanol–water partition coefficient (Wildman–Crippen LogP) is 1.15. The van der Waals surface area contributed by atoms with Crippen LogP contribution in [-0.4, -0.2) is 47.9 Å². The summed E-state index contributed by atoms with van der Waals surface area (Å²) < 4.78 is 10.9. The zero-order chi connectivity index (χ0) is 12.0. The van der Waals surface area contributed by atoms with Crippen LogP contribution in [0.2, 0.25) is 0 Å². The molecule has 1 atom stereocenters. The monoisotopic (exact) mass is 264 g/mol. The first kappa shape index (κ1) is 14.5. The molecule has 0 aliphatic carbocycles. The van der Waals surface area contributed by atoms with E-state index in [1.165, 1.54) is 0 Å². The maximum absolute atomic E-state index is 11.7. The molecule has 2 fully saturated rings. The number of amides is 1. The van der Waals surface area contributed by atoms with E-state index >= 15 is 0 Å². The second-order valence-corrected chi connectivity index (χ2v) is 5.79. The quantitative estimate of drug-likeness (QED) is 0.713. The minimum Gasteiger partial charge on any atom is -0.444 e. The van der Waals surface area contributed by atoms with Crippen molar-refractivity contribution in [3.63, 3.8) is 0 Å². The van der Waals surface area contributed by atoms with E-state index in [2.05, 4.69) is 0 Å². The minimum atomic E-state index is -0.438.